The van der Waals surface area contributed by atoms with Gasteiger partial charge in [-0.3, -0.25) is 0 Å². The van der Waals surface area contributed by atoms with Crippen LogP contribution in [0.15, 0.2) is 23.1 Å². The summed E-state index contributed by atoms with van der Waals surface area (Å²) in [5.41, 5.74) is 1.10. The summed E-state index contributed by atoms with van der Waals surface area (Å²) >= 11 is 0. The van der Waals surface area contributed by atoms with Gasteiger partial charge in [0.05, 0.1) is 4.90 Å². The Morgan fingerprint density at radius 3 is 2.33 bits per heavy atom. The standard InChI is InChI=1S/C14H21F2NO3S/c1-9-5-6-10(14(2,3)4)7-12(9)21(19,20)17-8-11(18)13(15)16/h5-7,11,13,17-18H,8H2,1-4H3. The average Bonchev–Trinajstić information content (AvgIpc) is 2.34. The van der Waals surface area contributed by atoms with Crippen molar-refractivity contribution in [3.8, 4) is 0 Å². The maximum atomic E-state index is 12.2. The van der Waals surface area contributed by atoms with Crippen molar-refractivity contribution in [2.45, 2.75) is 50.5 Å². The van der Waals surface area contributed by atoms with E-state index in [-0.39, 0.29) is 10.3 Å². The van der Waals surface area contributed by atoms with Crippen molar-refractivity contribution in [2.75, 3.05) is 6.54 Å². The van der Waals surface area contributed by atoms with Gasteiger partial charge in [0.15, 0.2) is 0 Å². The van der Waals surface area contributed by atoms with Crippen molar-refractivity contribution in [1.82, 2.24) is 4.72 Å². The molecule has 0 aliphatic heterocycles. The lowest BCUT2D eigenvalue weighted by Crippen LogP contribution is -2.36. The predicted molar refractivity (Wildman–Crippen MR) is 77.1 cm³/mol. The Morgan fingerprint density at radius 1 is 1.29 bits per heavy atom. The maximum absolute atomic E-state index is 12.2. The average molecular weight is 321 g/mol. The fraction of sp³-hybridized carbons (Fsp3) is 0.571. The lowest BCUT2D eigenvalue weighted by Gasteiger charge is -2.21. The van der Waals surface area contributed by atoms with E-state index in [1.807, 2.05) is 31.6 Å². The molecule has 0 bridgehead atoms. The van der Waals surface area contributed by atoms with E-state index < -0.39 is 29.1 Å². The van der Waals surface area contributed by atoms with Crippen LogP contribution in [0.5, 0.6) is 0 Å². The van der Waals surface area contributed by atoms with Gasteiger partial charge in [-0.25, -0.2) is 21.9 Å². The van der Waals surface area contributed by atoms with Gasteiger partial charge >= 0.3 is 0 Å². The highest BCUT2D eigenvalue weighted by atomic mass is 32.2. The number of hydrogen-bond donors (Lipinski definition) is 2. The summed E-state index contributed by atoms with van der Waals surface area (Å²) < 4.78 is 50.8. The first-order valence-electron chi connectivity index (χ1n) is 6.52. The molecule has 21 heavy (non-hydrogen) atoms. The zero-order valence-corrected chi connectivity index (χ0v) is 13.3. The van der Waals surface area contributed by atoms with Crippen molar-refractivity contribution in [2.24, 2.45) is 0 Å². The molecule has 7 heteroatoms. The van der Waals surface area contributed by atoms with E-state index in [9.17, 15) is 17.2 Å². The molecule has 120 valence electrons. The fourth-order valence-electron chi connectivity index (χ4n) is 1.72. The van der Waals surface area contributed by atoms with Crippen LogP contribution in [0.4, 0.5) is 8.78 Å². The first kappa shape index (κ1) is 18.0. The Balaban J connectivity index is 3.08. The smallest absolute Gasteiger partial charge is 0.265 e. The van der Waals surface area contributed by atoms with Gasteiger partial charge in [-0.05, 0) is 29.5 Å². The molecule has 0 heterocycles. The van der Waals surface area contributed by atoms with Gasteiger partial charge in [-0.2, -0.15) is 0 Å². The fourth-order valence-corrected chi connectivity index (χ4v) is 3.04. The van der Waals surface area contributed by atoms with Crippen LogP contribution in [0.1, 0.15) is 31.9 Å². The summed E-state index contributed by atoms with van der Waals surface area (Å²) in [5, 5.41) is 9.01. The molecule has 1 atom stereocenters. The second kappa shape index (κ2) is 6.37. The molecule has 0 aromatic heterocycles. The van der Waals surface area contributed by atoms with Crippen LogP contribution < -0.4 is 4.72 Å². The minimum atomic E-state index is -3.95. The highest BCUT2D eigenvalue weighted by molar-refractivity contribution is 7.89. The molecule has 4 nitrogen and oxygen atoms in total. The van der Waals surface area contributed by atoms with Gasteiger partial charge in [0.2, 0.25) is 10.0 Å². The zero-order chi connectivity index (χ0) is 16.4. The molecule has 1 rings (SSSR count). The third-order valence-electron chi connectivity index (χ3n) is 3.12. The number of aliphatic hydroxyl groups is 1. The van der Waals surface area contributed by atoms with E-state index in [1.54, 1.807) is 13.0 Å². The van der Waals surface area contributed by atoms with Gasteiger partial charge in [0.25, 0.3) is 6.43 Å². The van der Waals surface area contributed by atoms with Gasteiger partial charge in [-0.15, -0.1) is 0 Å². The molecule has 0 radical (unpaired) electrons. The quantitative estimate of drug-likeness (QED) is 0.874. The summed E-state index contributed by atoms with van der Waals surface area (Å²) in [6, 6.07) is 5.05. The summed E-state index contributed by atoms with van der Waals surface area (Å²) in [7, 11) is -3.95. The third-order valence-corrected chi connectivity index (χ3v) is 4.68. The zero-order valence-electron chi connectivity index (χ0n) is 12.5. The Morgan fingerprint density at radius 2 is 1.86 bits per heavy atom. The van der Waals surface area contributed by atoms with Crippen molar-refractivity contribution >= 4 is 10.0 Å². The minimum absolute atomic E-state index is 0.0383. The summed E-state index contributed by atoms with van der Waals surface area (Å²) in [4.78, 5) is 0.0383. The largest absolute Gasteiger partial charge is 0.386 e. The topological polar surface area (TPSA) is 66.4 Å². The van der Waals surface area contributed by atoms with E-state index in [0.717, 1.165) is 5.56 Å². The molecule has 0 saturated heterocycles. The van der Waals surface area contributed by atoms with Crippen molar-refractivity contribution in [3.63, 3.8) is 0 Å². The van der Waals surface area contributed by atoms with Crippen molar-refractivity contribution in [1.29, 1.82) is 0 Å². The molecule has 0 fully saturated rings. The van der Waals surface area contributed by atoms with Crippen LogP contribution >= 0.6 is 0 Å². The number of halogens is 2. The van der Waals surface area contributed by atoms with Crippen LogP contribution in [0.25, 0.3) is 0 Å². The molecule has 1 aromatic carbocycles. The normalized spacial score (nSPS) is 14.5. The molecule has 1 unspecified atom stereocenters. The monoisotopic (exact) mass is 321 g/mol. The molecule has 0 aliphatic carbocycles. The van der Waals surface area contributed by atoms with E-state index in [4.69, 9.17) is 5.11 Å². The Kier molecular flexibility index (Phi) is 5.46. The number of alkyl halides is 2. The highest BCUT2D eigenvalue weighted by Crippen LogP contribution is 2.26. The van der Waals surface area contributed by atoms with Crippen LogP contribution in [-0.2, 0) is 15.4 Å². The number of aliphatic hydroxyl groups excluding tert-OH is 1. The molecule has 1 aromatic rings. The number of nitrogens with one attached hydrogen (secondary N) is 1. The first-order valence-corrected chi connectivity index (χ1v) is 8.00. The van der Waals surface area contributed by atoms with E-state index in [1.165, 1.54) is 6.07 Å². The van der Waals surface area contributed by atoms with Gasteiger partial charge in [0.1, 0.15) is 6.10 Å². The van der Waals surface area contributed by atoms with E-state index >= 15 is 0 Å². The molecule has 0 aliphatic rings. The summed E-state index contributed by atoms with van der Waals surface area (Å²) in [6.45, 7) is 6.75. The molecular formula is C14H21F2NO3S. The van der Waals surface area contributed by atoms with Crippen LogP contribution in [0, 0.1) is 6.92 Å². The van der Waals surface area contributed by atoms with E-state index in [2.05, 4.69) is 0 Å². The maximum Gasteiger partial charge on any atom is 0.265 e. The first-order chi connectivity index (χ1) is 9.45. The van der Waals surface area contributed by atoms with Gasteiger partial charge in [-0.1, -0.05) is 32.9 Å². The molecule has 2 N–H and O–H groups in total. The Labute approximate surface area is 124 Å². The molecule has 0 saturated carbocycles. The highest BCUT2D eigenvalue weighted by Gasteiger charge is 2.24. The lowest BCUT2D eigenvalue weighted by molar-refractivity contribution is -0.000452. The van der Waals surface area contributed by atoms with Crippen LogP contribution in [0.2, 0.25) is 0 Å². The third kappa shape index (κ3) is 4.72. The van der Waals surface area contributed by atoms with Crippen molar-refractivity contribution in [3.05, 3.63) is 29.3 Å². The molecular weight excluding hydrogens is 300 g/mol. The van der Waals surface area contributed by atoms with Crippen molar-refractivity contribution < 1.29 is 22.3 Å². The van der Waals surface area contributed by atoms with Crippen LogP contribution in [-0.4, -0.2) is 32.6 Å². The number of benzene rings is 1. The number of sulfonamides is 1. The number of aryl methyl sites for hydroxylation is 1. The molecule has 0 spiro atoms. The number of hydrogen-bond acceptors (Lipinski definition) is 3. The van der Waals surface area contributed by atoms with Crippen LogP contribution in [0.3, 0.4) is 0 Å². The second-order valence-electron chi connectivity index (χ2n) is 5.98. The lowest BCUT2D eigenvalue weighted by atomic mass is 9.87. The summed E-state index contributed by atoms with van der Waals surface area (Å²) in [5.74, 6) is 0. The summed E-state index contributed by atoms with van der Waals surface area (Å²) in [6.07, 6.45) is -5.01. The Hall–Kier alpha value is -1.05. The minimum Gasteiger partial charge on any atom is -0.386 e. The SMILES string of the molecule is Cc1ccc(C(C)(C)C)cc1S(=O)(=O)NCC(O)C(F)F. The Bertz CT molecular complexity index is 595. The number of rotatable bonds is 5. The van der Waals surface area contributed by atoms with E-state index in [0.29, 0.717) is 5.56 Å². The predicted octanol–water partition coefficient (Wildman–Crippen LogP) is 2.20. The van der Waals surface area contributed by atoms with Gasteiger partial charge < -0.3 is 5.11 Å². The van der Waals surface area contributed by atoms with Gasteiger partial charge in [0, 0.05) is 6.54 Å². The molecule has 0 amide bonds. The second-order valence-corrected chi connectivity index (χ2v) is 7.72.